The number of benzene rings is 1. The predicted octanol–water partition coefficient (Wildman–Crippen LogP) is 2.89. The van der Waals surface area contributed by atoms with E-state index in [-0.39, 0.29) is 23.3 Å². The molecule has 0 saturated carbocycles. The number of hydrogen-bond donors (Lipinski definition) is 1. The van der Waals surface area contributed by atoms with E-state index in [4.69, 9.17) is 11.6 Å². The van der Waals surface area contributed by atoms with Crippen molar-refractivity contribution in [2.24, 2.45) is 11.8 Å². The second-order valence-corrected chi connectivity index (χ2v) is 9.55. The highest BCUT2D eigenvalue weighted by atomic mass is 35.5. The Bertz CT molecular complexity index is 1180. The van der Waals surface area contributed by atoms with Gasteiger partial charge in [0.15, 0.2) is 0 Å². The minimum atomic E-state index is -1.15. The van der Waals surface area contributed by atoms with Crippen molar-refractivity contribution in [1.82, 2.24) is 24.9 Å². The van der Waals surface area contributed by atoms with Crippen molar-refractivity contribution in [3.05, 3.63) is 64.8 Å². The Morgan fingerprint density at radius 1 is 1.09 bits per heavy atom. The zero-order valence-corrected chi connectivity index (χ0v) is 19.1. The number of amides is 1. The van der Waals surface area contributed by atoms with Gasteiger partial charge in [-0.05, 0) is 38.1 Å². The Labute approximate surface area is 195 Å². The lowest BCUT2D eigenvalue weighted by atomic mass is 10.0. The number of carbonyl (C=O) groups is 1. The number of halogens is 2. The third kappa shape index (κ3) is 3.95. The quantitative estimate of drug-likeness (QED) is 0.631. The van der Waals surface area contributed by atoms with Gasteiger partial charge in [-0.1, -0.05) is 17.7 Å². The summed E-state index contributed by atoms with van der Waals surface area (Å²) in [6.45, 7) is 5.82. The zero-order valence-electron chi connectivity index (χ0n) is 18.3. The Morgan fingerprint density at radius 2 is 1.76 bits per heavy atom. The number of pyridine rings is 1. The van der Waals surface area contributed by atoms with Crippen molar-refractivity contribution in [2.45, 2.75) is 19.4 Å². The SMILES string of the molecule is CC(C)(O)c1nc(N2CC3CN(C(=O)c4c(F)cccc4-n4nccn4)CC3C2)ccc1Cl. The highest BCUT2D eigenvalue weighted by molar-refractivity contribution is 6.31. The van der Waals surface area contributed by atoms with Crippen molar-refractivity contribution in [3.8, 4) is 5.69 Å². The number of anilines is 1. The maximum absolute atomic E-state index is 14.7. The number of aliphatic hydroxyl groups is 1. The molecule has 172 valence electrons. The lowest BCUT2D eigenvalue weighted by Gasteiger charge is -2.25. The summed E-state index contributed by atoms with van der Waals surface area (Å²) in [5.41, 5.74) is -0.393. The third-order valence-corrected chi connectivity index (χ3v) is 6.65. The van der Waals surface area contributed by atoms with Gasteiger partial charge in [0.25, 0.3) is 5.91 Å². The maximum Gasteiger partial charge on any atom is 0.259 e. The molecule has 2 unspecified atom stereocenters. The number of hydrogen-bond acceptors (Lipinski definition) is 6. The number of aromatic nitrogens is 4. The molecule has 8 nitrogen and oxygen atoms in total. The van der Waals surface area contributed by atoms with Gasteiger partial charge >= 0.3 is 0 Å². The molecule has 2 aliphatic rings. The van der Waals surface area contributed by atoms with Gasteiger partial charge in [-0.15, -0.1) is 0 Å². The molecule has 4 heterocycles. The number of fused-ring (bicyclic) bond motifs is 1. The smallest absolute Gasteiger partial charge is 0.259 e. The Morgan fingerprint density at radius 3 is 2.39 bits per heavy atom. The Balaban J connectivity index is 1.33. The molecule has 2 fully saturated rings. The van der Waals surface area contributed by atoms with E-state index in [1.165, 1.54) is 23.3 Å². The minimum Gasteiger partial charge on any atom is -0.384 e. The molecule has 1 N–H and O–H groups in total. The van der Waals surface area contributed by atoms with Gasteiger partial charge in [-0.2, -0.15) is 15.0 Å². The van der Waals surface area contributed by atoms with E-state index in [0.29, 0.717) is 29.5 Å². The van der Waals surface area contributed by atoms with Crippen molar-refractivity contribution in [2.75, 3.05) is 31.1 Å². The first-order valence-corrected chi connectivity index (χ1v) is 11.2. The van der Waals surface area contributed by atoms with Gasteiger partial charge < -0.3 is 14.9 Å². The number of rotatable bonds is 4. The molecule has 1 amide bonds. The Kier molecular flexibility index (Phi) is 5.33. The first-order valence-electron chi connectivity index (χ1n) is 10.8. The van der Waals surface area contributed by atoms with Gasteiger partial charge in [0.2, 0.25) is 0 Å². The van der Waals surface area contributed by atoms with Gasteiger partial charge in [-0.25, -0.2) is 9.37 Å². The van der Waals surface area contributed by atoms with Crippen LogP contribution in [-0.2, 0) is 5.60 Å². The average molecular weight is 471 g/mol. The molecule has 0 radical (unpaired) electrons. The summed E-state index contributed by atoms with van der Waals surface area (Å²) in [6.07, 6.45) is 2.98. The van der Waals surface area contributed by atoms with Crippen molar-refractivity contribution in [1.29, 1.82) is 0 Å². The van der Waals surface area contributed by atoms with Gasteiger partial charge in [0.05, 0.1) is 23.1 Å². The standard InChI is InChI=1S/C23H24ClFN6O2/c1-23(2,33)21-16(24)6-7-19(28-21)29-10-14-12-30(13-15(14)11-29)22(32)20-17(25)4-3-5-18(20)31-26-8-9-27-31/h3-9,14-15,33H,10-13H2,1-2H3. The maximum atomic E-state index is 14.7. The Hall–Kier alpha value is -3.04. The van der Waals surface area contributed by atoms with Crippen LogP contribution in [0.4, 0.5) is 10.2 Å². The summed E-state index contributed by atoms with van der Waals surface area (Å²) >= 11 is 6.23. The lowest BCUT2D eigenvalue weighted by Crippen LogP contribution is -2.34. The van der Waals surface area contributed by atoms with E-state index < -0.39 is 11.4 Å². The highest BCUT2D eigenvalue weighted by Gasteiger charge is 2.43. The summed E-state index contributed by atoms with van der Waals surface area (Å²) < 4.78 is 14.7. The van der Waals surface area contributed by atoms with E-state index in [0.717, 1.165) is 18.9 Å². The minimum absolute atomic E-state index is 0.0142. The first kappa shape index (κ1) is 21.8. The van der Waals surface area contributed by atoms with Gasteiger partial charge in [-0.3, -0.25) is 4.79 Å². The predicted molar refractivity (Wildman–Crippen MR) is 121 cm³/mol. The molecule has 3 aromatic rings. The van der Waals surface area contributed by atoms with Crippen LogP contribution in [0.25, 0.3) is 5.69 Å². The van der Waals surface area contributed by atoms with Gasteiger partial charge in [0, 0.05) is 38.0 Å². The molecular formula is C23H24ClFN6O2. The fraction of sp³-hybridized carbons (Fsp3) is 0.391. The topological polar surface area (TPSA) is 87.4 Å². The third-order valence-electron chi connectivity index (χ3n) is 6.35. The molecular weight excluding hydrogens is 447 g/mol. The summed E-state index contributed by atoms with van der Waals surface area (Å²) in [6, 6.07) is 8.07. The van der Waals surface area contributed by atoms with E-state index in [9.17, 15) is 14.3 Å². The molecule has 33 heavy (non-hydrogen) atoms. The second kappa shape index (κ2) is 8.07. The molecule has 1 aromatic carbocycles. The average Bonchev–Trinajstić information content (AvgIpc) is 3.49. The van der Waals surface area contributed by atoms with Crippen LogP contribution in [0, 0.1) is 17.7 Å². The van der Waals surface area contributed by atoms with Crippen LogP contribution in [0.1, 0.15) is 29.9 Å². The molecule has 2 atom stereocenters. The normalized spacial score (nSPS) is 20.4. The fourth-order valence-electron chi connectivity index (χ4n) is 4.77. The molecule has 2 saturated heterocycles. The van der Waals surface area contributed by atoms with E-state index in [1.54, 1.807) is 36.9 Å². The van der Waals surface area contributed by atoms with Crippen molar-refractivity contribution < 1.29 is 14.3 Å². The number of likely N-dealkylation sites (tertiary alicyclic amines) is 1. The summed E-state index contributed by atoms with van der Waals surface area (Å²) in [5.74, 6) is 0.309. The van der Waals surface area contributed by atoms with E-state index >= 15 is 0 Å². The first-order chi connectivity index (χ1) is 15.7. The van der Waals surface area contributed by atoms with Crippen molar-refractivity contribution in [3.63, 3.8) is 0 Å². The summed E-state index contributed by atoms with van der Waals surface area (Å²) in [5, 5.41) is 18.9. The molecule has 0 spiro atoms. The molecule has 5 rings (SSSR count). The molecule has 0 aliphatic carbocycles. The van der Waals surface area contributed by atoms with E-state index in [2.05, 4.69) is 20.1 Å². The lowest BCUT2D eigenvalue weighted by molar-refractivity contribution is 0.0738. The second-order valence-electron chi connectivity index (χ2n) is 9.15. The largest absolute Gasteiger partial charge is 0.384 e. The van der Waals surface area contributed by atoms with Crippen LogP contribution in [0.15, 0.2) is 42.7 Å². The van der Waals surface area contributed by atoms with Crippen molar-refractivity contribution >= 4 is 23.3 Å². The van der Waals surface area contributed by atoms with Crippen LogP contribution in [0.3, 0.4) is 0 Å². The number of nitrogens with zero attached hydrogens (tertiary/aromatic N) is 6. The highest BCUT2D eigenvalue weighted by Crippen LogP contribution is 2.36. The van der Waals surface area contributed by atoms with E-state index in [1.807, 2.05) is 6.07 Å². The van der Waals surface area contributed by atoms with Crippen LogP contribution < -0.4 is 4.90 Å². The monoisotopic (exact) mass is 470 g/mol. The van der Waals surface area contributed by atoms with Crippen LogP contribution in [0.5, 0.6) is 0 Å². The van der Waals surface area contributed by atoms with Crippen LogP contribution in [-0.4, -0.2) is 62.1 Å². The summed E-state index contributed by atoms with van der Waals surface area (Å²) in [7, 11) is 0. The summed E-state index contributed by atoms with van der Waals surface area (Å²) in [4.78, 5) is 23.1. The van der Waals surface area contributed by atoms with Gasteiger partial charge in [0.1, 0.15) is 28.5 Å². The number of carbonyl (C=O) groups excluding carboxylic acids is 1. The fourth-order valence-corrected chi connectivity index (χ4v) is 5.11. The molecule has 0 bridgehead atoms. The van der Waals surface area contributed by atoms with Crippen LogP contribution >= 0.6 is 11.6 Å². The van der Waals surface area contributed by atoms with Crippen LogP contribution in [0.2, 0.25) is 5.02 Å². The zero-order chi connectivity index (χ0) is 23.3. The molecule has 2 aliphatic heterocycles. The molecule has 10 heteroatoms. The molecule has 2 aromatic heterocycles.